The van der Waals surface area contributed by atoms with Gasteiger partial charge in [0.15, 0.2) is 5.96 Å². The number of benzene rings is 1. The molecular formula is C18H32IN3O2. The molecule has 1 aromatic carbocycles. The SMILES string of the molecule is CCCCOCCNC(=NC)NCc1ccc(C)cc1OCC.I. The highest BCUT2D eigenvalue weighted by atomic mass is 127. The van der Waals surface area contributed by atoms with Gasteiger partial charge in [-0.2, -0.15) is 0 Å². The van der Waals surface area contributed by atoms with E-state index in [1.807, 2.05) is 6.92 Å². The fraction of sp³-hybridized carbons (Fsp3) is 0.611. The molecule has 0 aromatic heterocycles. The first-order chi connectivity index (χ1) is 11.2. The fourth-order valence-electron chi connectivity index (χ4n) is 2.09. The largest absolute Gasteiger partial charge is 0.494 e. The van der Waals surface area contributed by atoms with E-state index < -0.39 is 0 Å². The lowest BCUT2D eigenvalue weighted by Gasteiger charge is -2.15. The minimum atomic E-state index is 0. The van der Waals surface area contributed by atoms with Crippen LogP contribution in [0.5, 0.6) is 5.75 Å². The molecule has 0 radical (unpaired) electrons. The molecule has 6 heteroatoms. The molecule has 0 heterocycles. The highest BCUT2D eigenvalue weighted by Crippen LogP contribution is 2.20. The van der Waals surface area contributed by atoms with Gasteiger partial charge in [-0.3, -0.25) is 4.99 Å². The van der Waals surface area contributed by atoms with Crippen LogP contribution in [0, 0.1) is 6.92 Å². The van der Waals surface area contributed by atoms with Crippen molar-refractivity contribution in [3.05, 3.63) is 29.3 Å². The third kappa shape index (κ3) is 9.32. The number of rotatable bonds is 10. The van der Waals surface area contributed by atoms with E-state index in [0.717, 1.165) is 43.3 Å². The van der Waals surface area contributed by atoms with Gasteiger partial charge in [0.1, 0.15) is 5.75 Å². The zero-order valence-electron chi connectivity index (χ0n) is 15.4. The van der Waals surface area contributed by atoms with Crippen molar-refractivity contribution in [1.82, 2.24) is 10.6 Å². The van der Waals surface area contributed by atoms with E-state index in [9.17, 15) is 0 Å². The van der Waals surface area contributed by atoms with E-state index in [1.165, 1.54) is 5.56 Å². The van der Waals surface area contributed by atoms with Crippen molar-refractivity contribution < 1.29 is 9.47 Å². The Hall–Kier alpha value is -1.02. The first-order valence-electron chi connectivity index (χ1n) is 8.45. The first-order valence-corrected chi connectivity index (χ1v) is 8.45. The van der Waals surface area contributed by atoms with Crippen molar-refractivity contribution in [2.24, 2.45) is 4.99 Å². The smallest absolute Gasteiger partial charge is 0.191 e. The molecule has 1 aromatic rings. The third-order valence-corrected chi connectivity index (χ3v) is 3.37. The lowest BCUT2D eigenvalue weighted by atomic mass is 10.1. The first kappa shape index (κ1) is 23.0. The summed E-state index contributed by atoms with van der Waals surface area (Å²) in [5, 5.41) is 6.56. The monoisotopic (exact) mass is 449 g/mol. The molecule has 0 amide bonds. The van der Waals surface area contributed by atoms with Gasteiger partial charge in [0.25, 0.3) is 0 Å². The average molecular weight is 449 g/mol. The molecule has 0 aliphatic carbocycles. The Morgan fingerprint density at radius 1 is 1.17 bits per heavy atom. The maximum atomic E-state index is 5.70. The van der Waals surface area contributed by atoms with Crippen LogP contribution in [-0.4, -0.2) is 39.4 Å². The maximum Gasteiger partial charge on any atom is 0.191 e. The third-order valence-electron chi connectivity index (χ3n) is 3.37. The second-order valence-corrected chi connectivity index (χ2v) is 5.36. The number of unbranched alkanes of at least 4 members (excludes halogenated alkanes) is 1. The zero-order valence-corrected chi connectivity index (χ0v) is 17.7. The molecule has 0 aliphatic heterocycles. The summed E-state index contributed by atoms with van der Waals surface area (Å²) in [5.74, 6) is 1.70. The van der Waals surface area contributed by atoms with Crippen molar-refractivity contribution in [3.8, 4) is 5.75 Å². The predicted octanol–water partition coefficient (Wildman–Crippen LogP) is 3.49. The number of hydrogen-bond acceptors (Lipinski definition) is 3. The van der Waals surface area contributed by atoms with Gasteiger partial charge in [-0.05, 0) is 31.9 Å². The molecule has 0 atom stereocenters. The molecule has 0 unspecified atom stereocenters. The Bertz CT molecular complexity index is 481. The van der Waals surface area contributed by atoms with E-state index in [0.29, 0.717) is 19.8 Å². The minimum Gasteiger partial charge on any atom is -0.494 e. The molecule has 0 aliphatic rings. The van der Waals surface area contributed by atoms with Crippen LogP contribution >= 0.6 is 24.0 Å². The molecule has 0 saturated carbocycles. The van der Waals surface area contributed by atoms with Gasteiger partial charge in [0.2, 0.25) is 0 Å². The molecule has 138 valence electrons. The van der Waals surface area contributed by atoms with E-state index in [1.54, 1.807) is 7.05 Å². The zero-order chi connectivity index (χ0) is 16.9. The van der Waals surface area contributed by atoms with Crippen molar-refractivity contribution >= 4 is 29.9 Å². The summed E-state index contributed by atoms with van der Waals surface area (Å²) in [7, 11) is 1.77. The molecule has 2 N–H and O–H groups in total. The van der Waals surface area contributed by atoms with Gasteiger partial charge < -0.3 is 20.1 Å². The van der Waals surface area contributed by atoms with E-state index in [2.05, 4.69) is 47.7 Å². The van der Waals surface area contributed by atoms with Gasteiger partial charge in [-0.15, -0.1) is 24.0 Å². The minimum absolute atomic E-state index is 0. The van der Waals surface area contributed by atoms with Crippen molar-refractivity contribution in [2.45, 2.75) is 40.2 Å². The summed E-state index contributed by atoms with van der Waals surface area (Å²) in [5.41, 5.74) is 2.32. The number of guanidine groups is 1. The normalized spacial score (nSPS) is 10.9. The summed E-state index contributed by atoms with van der Waals surface area (Å²) < 4.78 is 11.2. The van der Waals surface area contributed by atoms with Crippen molar-refractivity contribution in [2.75, 3.05) is 33.4 Å². The number of nitrogens with one attached hydrogen (secondary N) is 2. The molecule has 24 heavy (non-hydrogen) atoms. The Kier molecular flexibility index (Phi) is 13.7. The number of nitrogens with zero attached hydrogens (tertiary/aromatic N) is 1. The van der Waals surface area contributed by atoms with Gasteiger partial charge in [0.05, 0.1) is 13.2 Å². The average Bonchev–Trinajstić information content (AvgIpc) is 2.55. The van der Waals surface area contributed by atoms with Crippen LogP contribution in [0.3, 0.4) is 0 Å². The number of hydrogen-bond donors (Lipinski definition) is 2. The van der Waals surface area contributed by atoms with Gasteiger partial charge in [0, 0.05) is 32.3 Å². The standard InChI is InChI=1S/C18H31N3O2.HI/c1-5-7-11-22-12-10-20-18(19-4)21-14-16-9-8-15(3)13-17(16)23-6-2;/h8-9,13H,5-7,10-12,14H2,1-4H3,(H2,19,20,21);1H. The van der Waals surface area contributed by atoms with E-state index in [4.69, 9.17) is 9.47 Å². The fourth-order valence-corrected chi connectivity index (χ4v) is 2.09. The summed E-state index contributed by atoms with van der Waals surface area (Å²) in [6.07, 6.45) is 2.27. The molecule has 5 nitrogen and oxygen atoms in total. The lowest BCUT2D eigenvalue weighted by Crippen LogP contribution is -2.38. The van der Waals surface area contributed by atoms with E-state index in [-0.39, 0.29) is 24.0 Å². The van der Waals surface area contributed by atoms with Crippen LogP contribution < -0.4 is 15.4 Å². The van der Waals surface area contributed by atoms with Crippen LogP contribution in [0.25, 0.3) is 0 Å². The molecule has 0 fully saturated rings. The van der Waals surface area contributed by atoms with Crippen LogP contribution in [0.4, 0.5) is 0 Å². The summed E-state index contributed by atoms with van der Waals surface area (Å²) in [6.45, 7) is 9.83. The Balaban J connectivity index is 0.00000529. The molecule has 0 saturated heterocycles. The topological polar surface area (TPSA) is 54.9 Å². The highest BCUT2D eigenvalue weighted by Gasteiger charge is 2.05. The summed E-state index contributed by atoms with van der Waals surface area (Å²) in [4.78, 5) is 4.23. The quantitative estimate of drug-likeness (QED) is 0.249. The predicted molar refractivity (Wildman–Crippen MR) is 112 cm³/mol. The van der Waals surface area contributed by atoms with Crippen molar-refractivity contribution in [1.29, 1.82) is 0 Å². The Morgan fingerprint density at radius 3 is 2.62 bits per heavy atom. The number of halogens is 1. The van der Waals surface area contributed by atoms with Crippen molar-refractivity contribution in [3.63, 3.8) is 0 Å². The van der Waals surface area contributed by atoms with Crippen LogP contribution in [0.15, 0.2) is 23.2 Å². The second kappa shape index (κ2) is 14.3. The highest BCUT2D eigenvalue weighted by molar-refractivity contribution is 14.0. The Labute approximate surface area is 163 Å². The van der Waals surface area contributed by atoms with Crippen LogP contribution in [-0.2, 0) is 11.3 Å². The molecular weight excluding hydrogens is 417 g/mol. The van der Waals surface area contributed by atoms with E-state index >= 15 is 0 Å². The number of aryl methyl sites for hydroxylation is 1. The summed E-state index contributed by atoms with van der Waals surface area (Å²) in [6, 6.07) is 6.25. The molecule has 1 rings (SSSR count). The maximum absolute atomic E-state index is 5.70. The van der Waals surface area contributed by atoms with Gasteiger partial charge in [-0.25, -0.2) is 0 Å². The summed E-state index contributed by atoms with van der Waals surface area (Å²) >= 11 is 0. The van der Waals surface area contributed by atoms with Crippen LogP contribution in [0.2, 0.25) is 0 Å². The molecule has 0 spiro atoms. The second-order valence-electron chi connectivity index (χ2n) is 5.36. The van der Waals surface area contributed by atoms with Crippen LogP contribution in [0.1, 0.15) is 37.8 Å². The van der Waals surface area contributed by atoms with Gasteiger partial charge >= 0.3 is 0 Å². The molecule has 0 bridgehead atoms. The number of aliphatic imine (C=N–C) groups is 1. The Morgan fingerprint density at radius 2 is 1.96 bits per heavy atom. The van der Waals surface area contributed by atoms with Gasteiger partial charge in [-0.1, -0.05) is 25.5 Å². The number of ether oxygens (including phenoxy) is 2. The lowest BCUT2D eigenvalue weighted by molar-refractivity contribution is 0.136.